The van der Waals surface area contributed by atoms with E-state index in [0.717, 1.165) is 41.9 Å². The van der Waals surface area contributed by atoms with E-state index < -0.39 is 0 Å². The summed E-state index contributed by atoms with van der Waals surface area (Å²) >= 11 is 3.49. The van der Waals surface area contributed by atoms with E-state index in [9.17, 15) is 0 Å². The molecule has 2 heterocycles. The third-order valence-corrected chi connectivity index (χ3v) is 3.83. The molecule has 2 aromatic rings. The molecule has 1 aromatic carbocycles. The predicted molar refractivity (Wildman–Crippen MR) is 73.1 cm³/mol. The number of rotatable bonds is 2. The zero-order chi connectivity index (χ0) is 12.5. The van der Waals surface area contributed by atoms with Crippen molar-refractivity contribution in [2.45, 2.75) is 31.8 Å². The van der Waals surface area contributed by atoms with Gasteiger partial charge in [-0.25, -0.2) is 0 Å². The maximum atomic E-state index is 6.05. The van der Waals surface area contributed by atoms with E-state index in [4.69, 9.17) is 5.73 Å². The van der Waals surface area contributed by atoms with Crippen LogP contribution >= 0.6 is 15.9 Å². The number of fused-ring (bicyclic) bond motifs is 1. The van der Waals surface area contributed by atoms with E-state index in [0.29, 0.717) is 0 Å². The molecular formula is C13H15BrN4. The third kappa shape index (κ3) is 2.20. The number of benzene rings is 1. The van der Waals surface area contributed by atoms with Gasteiger partial charge in [0.05, 0.1) is 6.04 Å². The molecule has 2 N–H and O–H groups in total. The second-order valence-corrected chi connectivity index (χ2v) is 5.60. The molecule has 0 saturated carbocycles. The first-order valence-electron chi connectivity index (χ1n) is 6.16. The maximum Gasteiger partial charge on any atom is 0.149 e. The van der Waals surface area contributed by atoms with Gasteiger partial charge >= 0.3 is 0 Å². The first-order chi connectivity index (χ1) is 8.74. The van der Waals surface area contributed by atoms with Crippen molar-refractivity contribution in [3.8, 4) is 0 Å². The van der Waals surface area contributed by atoms with Crippen LogP contribution in [0.15, 0.2) is 28.7 Å². The number of hydrogen-bond acceptors (Lipinski definition) is 3. The summed E-state index contributed by atoms with van der Waals surface area (Å²) in [6.45, 7) is 0.985. The Labute approximate surface area is 114 Å². The molecule has 0 radical (unpaired) electrons. The van der Waals surface area contributed by atoms with E-state index in [2.05, 4.69) is 42.8 Å². The molecule has 18 heavy (non-hydrogen) atoms. The Balaban J connectivity index is 1.90. The van der Waals surface area contributed by atoms with Crippen molar-refractivity contribution in [3.05, 3.63) is 46.0 Å². The van der Waals surface area contributed by atoms with Gasteiger partial charge in [0.15, 0.2) is 0 Å². The first-order valence-corrected chi connectivity index (χ1v) is 6.95. The zero-order valence-electron chi connectivity index (χ0n) is 10.0. The van der Waals surface area contributed by atoms with Gasteiger partial charge in [0.25, 0.3) is 0 Å². The van der Waals surface area contributed by atoms with Crippen LogP contribution < -0.4 is 5.73 Å². The molecule has 4 nitrogen and oxygen atoms in total. The van der Waals surface area contributed by atoms with Crippen LogP contribution in [0.3, 0.4) is 0 Å². The maximum absolute atomic E-state index is 6.05. The van der Waals surface area contributed by atoms with Gasteiger partial charge in [-0.1, -0.05) is 28.1 Å². The summed E-state index contributed by atoms with van der Waals surface area (Å²) in [5, 5.41) is 8.52. The monoisotopic (exact) mass is 306 g/mol. The lowest BCUT2D eigenvalue weighted by atomic mass is 10.1. The Morgan fingerprint density at radius 1 is 1.39 bits per heavy atom. The van der Waals surface area contributed by atoms with Gasteiger partial charge in [0.2, 0.25) is 0 Å². The van der Waals surface area contributed by atoms with Gasteiger partial charge in [-0.15, -0.1) is 10.2 Å². The van der Waals surface area contributed by atoms with Crippen LogP contribution in [0.5, 0.6) is 0 Å². The molecule has 1 aliphatic rings. The zero-order valence-corrected chi connectivity index (χ0v) is 11.6. The minimum Gasteiger partial charge on any atom is -0.321 e. The van der Waals surface area contributed by atoms with Crippen LogP contribution in [0.25, 0.3) is 0 Å². The average Bonchev–Trinajstić information content (AvgIpc) is 2.74. The highest BCUT2D eigenvalue weighted by Crippen LogP contribution is 2.23. The highest BCUT2D eigenvalue weighted by molar-refractivity contribution is 9.10. The van der Waals surface area contributed by atoms with Gasteiger partial charge in [0.1, 0.15) is 11.6 Å². The second-order valence-electron chi connectivity index (χ2n) is 4.68. The Kier molecular flexibility index (Phi) is 3.18. The van der Waals surface area contributed by atoms with Gasteiger partial charge in [-0.05, 0) is 30.5 Å². The van der Waals surface area contributed by atoms with E-state index >= 15 is 0 Å². The molecular weight excluding hydrogens is 292 g/mol. The summed E-state index contributed by atoms with van der Waals surface area (Å²) in [6, 6.07) is 8.33. The minimum absolute atomic E-state index is 0.0440. The van der Waals surface area contributed by atoms with E-state index in [1.807, 2.05) is 12.1 Å². The van der Waals surface area contributed by atoms with Crippen LogP contribution in [0.4, 0.5) is 0 Å². The molecule has 0 bridgehead atoms. The Hall–Kier alpha value is -1.20. The summed E-state index contributed by atoms with van der Waals surface area (Å²) in [5.74, 6) is 1.95. The highest BCUT2D eigenvalue weighted by atomic mass is 79.9. The fourth-order valence-electron chi connectivity index (χ4n) is 2.43. The lowest BCUT2D eigenvalue weighted by Gasteiger charge is -2.20. The molecule has 5 heteroatoms. The lowest BCUT2D eigenvalue weighted by Crippen LogP contribution is -2.23. The summed E-state index contributed by atoms with van der Waals surface area (Å²) in [7, 11) is 0. The number of nitrogens with zero attached hydrogens (tertiary/aromatic N) is 3. The van der Waals surface area contributed by atoms with Crippen molar-refractivity contribution < 1.29 is 0 Å². The van der Waals surface area contributed by atoms with Crippen molar-refractivity contribution in [3.63, 3.8) is 0 Å². The highest BCUT2D eigenvalue weighted by Gasteiger charge is 2.22. The van der Waals surface area contributed by atoms with Crippen molar-refractivity contribution in [2.24, 2.45) is 5.73 Å². The SMILES string of the molecule is NC1CCCn2c(Cc3cccc(Br)c3)nnc21. The van der Waals surface area contributed by atoms with Crippen molar-refractivity contribution in [1.29, 1.82) is 0 Å². The van der Waals surface area contributed by atoms with Gasteiger partial charge in [0, 0.05) is 17.4 Å². The van der Waals surface area contributed by atoms with Crippen molar-refractivity contribution in [1.82, 2.24) is 14.8 Å². The standard InChI is InChI=1S/C13H15BrN4/c14-10-4-1-3-9(7-10)8-12-16-17-13-11(15)5-2-6-18(12)13/h1,3-4,7,11H,2,5-6,8,15H2. The van der Waals surface area contributed by atoms with E-state index in [1.165, 1.54) is 5.56 Å². The molecule has 3 rings (SSSR count). The van der Waals surface area contributed by atoms with Crippen LogP contribution in [0.2, 0.25) is 0 Å². The number of aromatic nitrogens is 3. The van der Waals surface area contributed by atoms with Gasteiger partial charge < -0.3 is 10.3 Å². The van der Waals surface area contributed by atoms with Crippen LogP contribution in [-0.2, 0) is 13.0 Å². The normalized spacial score (nSPS) is 18.7. The van der Waals surface area contributed by atoms with Crippen molar-refractivity contribution >= 4 is 15.9 Å². The molecule has 1 aliphatic heterocycles. The molecule has 1 atom stereocenters. The minimum atomic E-state index is 0.0440. The van der Waals surface area contributed by atoms with Gasteiger partial charge in [-0.3, -0.25) is 0 Å². The van der Waals surface area contributed by atoms with E-state index in [-0.39, 0.29) is 6.04 Å². The second kappa shape index (κ2) is 4.82. The van der Waals surface area contributed by atoms with E-state index in [1.54, 1.807) is 0 Å². The average molecular weight is 307 g/mol. The first kappa shape index (κ1) is 11.9. The Bertz CT molecular complexity index is 564. The Morgan fingerprint density at radius 3 is 3.11 bits per heavy atom. The van der Waals surface area contributed by atoms with Crippen LogP contribution in [0, 0.1) is 0 Å². The summed E-state index contributed by atoms with van der Waals surface area (Å²) < 4.78 is 3.27. The number of halogens is 1. The van der Waals surface area contributed by atoms with Crippen molar-refractivity contribution in [2.75, 3.05) is 0 Å². The fraction of sp³-hybridized carbons (Fsp3) is 0.385. The summed E-state index contributed by atoms with van der Waals surface area (Å²) in [5.41, 5.74) is 7.28. The molecule has 0 saturated heterocycles. The number of nitrogens with two attached hydrogens (primary N) is 1. The molecule has 0 aliphatic carbocycles. The third-order valence-electron chi connectivity index (χ3n) is 3.34. The Morgan fingerprint density at radius 2 is 2.28 bits per heavy atom. The van der Waals surface area contributed by atoms with Crippen LogP contribution in [-0.4, -0.2) is 14.8 Å². The quantitative estimate of drug-likeness (QED) is 0.927. The molecule has 0 fully saturated rings. The topological polar surface area (TPSA) is 56.7 Å². The van der Waals surface area contributed by atoms with Gasteiger partial charge in [-0.2, -0.15) is 0 Å². The summed E-state index contributed by atoms with van der Waals surface area (Å²) in [6.07, 6.45) is 2.92. The lowest BCUT2D eigenvalue weighted by molar-refractivity contribution is 0.444. The molecule has 94 valence electrons. The molecule has 0 spiro atoms. The fourth-order valence-corrected chi connectivity index (χ4v) is 2.87. The molecule has 1 unspecified atom stereocenters. The van der Waals surface area contributed by atoms with Crippen LogP contribution in [0.1, 0.15) is 36.1 Å². The largest absolute Gasteiger partial charge is 0.321 e. The molecule has 0 amide bonds. The predicted octanol–water partition coefficient (Wildman–Crippen LogP) is 2.43. The smallest absolute Gasteiger partial charge is 0.149 e. The molecule has 1 aromatic heterocycles. The summed E-state index contributed by atoms with van der Waals surface area (Å²) in [4.78, 5) is 0. The number of hydrogen-bond donors (Lipinski definition) is 1.